The molecular formula is C27H30N2O3. The number of carbonyl (C=O) groups excluding carboxylic acids is 2. The number of nitrogens with one attached hydrogen (secondary N) is 1. The van der Waals surface area contributed by atoms with E-state index in [1.54, 1.807) is 0 Å². The summed E-state index contributed by atoms with van der Waals surface area (Å²) in [6, 6.07) is 21.8. The predicted molar refractivity (Wildman–Crippen MR) is 126 cm³/mol. The van der Waals surface area contributed by atoms with Gasteiger partial charge in [0.1, 0.15) is 0 Å². The number of amides is 2. The summed E-state index contributed by atoms with van der Waals surface area (Å²) in [5, 5.41) is 5.09. The van der Waals surface area contributed by atoms with Crippen molar-refractivity contribution in [1.82, 2.24) is 10.2 Å². The van der Waals surface area contributed by atoms with Crippen molar-refractivity contribution in [2.24, 2.45) is 5.92 Å². The first kappa shape index (κ1) is 22.0. The summed E-state index contributed by atoms with van der Waals surface area (Å²) in [6.07, 6.45) is 1.63. The van der Waals surface area contributed by atoms with Gasteiger partial charge in [-0.3, -0.25) is 9.59 Å². The van der Waals surface area contributed by atoms with Crippen molar-refractivity contribution in [1.29, 1.82) is 0 Å². The van der Waals surface area contributed by atoms with E-state index in [0.717, 1.165) is 34.7 Å². The van der Waals surface area contributed by atoms with Crippen molar-refractivity contribution in [3.8, 4) is 0 Å². The zero-order chi connectivity index (χ0) is 22.3. The van der Waals surface area contributed by atoms with E-state index in [2.05, 4.69) is 5.32 Å². The van der Waals surface area contributed by atoms with Gasteiger partial charge in [-0.2, -0.15) is 0 Å². The van der Waals surface area contributed by atoms with Gasteiger partial charge in [0, 0.05) is 31.8 Å². The average Bonchev–Trinajstić information content (AvgIpc) is 2.85. The molecular weight excluding hydrogens is 400 g/mol. The van der Waals surface area contributed by atoms with E-state index in [9.17, 15) is 9.59 Å². The van der Waals surface area contributed by atoms with E-state index >= 15 is 0 Å². The van der Waals surface area contributed by atoms with Crippen molar-refractivity contribution >= 4 is 22.6 Å². The first-order valence-corrected chi connectivity index (χ1v) is 11.4. The second-order valence-electron chi connectivity index (χ2n) is 8.24. The highest BCUT2D eigenvalue weighted by atomic mass is 16.5. The Bertz CT molecular complexity index is 1090. The zero-order valence-electron chi connectivity index (χ0n) is 18.5. The summed E-state index contributed by atoms with van der Waals surface area (Å²) >= 11 is 0. The maximum absolute atomic E-state index is 13.3. The van der Waals surface area contributed by atoms with Crippen LogP contribution in [0.4, 0.5) is 0 Å². The number of ether oxygens (including phenoxy) is 1. The molecule has 0 saturated carbocycles. The molecule has 166 valence electrons. The topological polar surface area (TPSA) is 58.6 Å². The Balaban J connectivity index is 1.41. The second kappa shape index (κ2) is 10.4. The number of hydrogen-bond donors (Lipinski definition) is 1. The van der Waals surface area contributed by atoms with Crippen LogP contribution < -0.4 is 5.32 Å². The minimum atomic E-state index is -0.193. The maximum atomic E-state index is 13.3. The minimum Gasteiger partial charge on any atom is -0.377 e. The number of fused-ring (bicyclic) bond motifs is 1. The van der Waals surface area contributed by atoms with Gasteiger partial charge in [0.25, 0.3) is 5.91 Å². The van der Waals surface area contributed by atoms with Crippen molar-refractivity contribution in [3.63, 3.8) is 0 Å². The van der Waals surface area contributed by atoms with Gasteiger partial charge in [-0.15, -0.1) is 0 Å². The first-order chi connectivity index (χ1) is 15.7. The summed E-state index contributed by atoms with van der Waals surface area (Å²) in [5.74, 6) is -0.185. The standard InChI is InChI=1S/C27H30N2O3/c1-2-32-19-23-11-4-3-10-21(23)17-28-26(30)22-13-8-16-29(18-22)27(31)25-15-7-12-20-9-5-6-14-24(20)25/h3-7,9-12,14-15,22H,2,8,13,16-19H2,1H3,(H,28,30). The summed E-state index contributed by atoms with van der Waals surface area (Å²) in [4.78, 5) is 28.1. The van der Waals surface area contributed by atoms with E-state index in [0.29, 0.717) is 38.4 Å². The fourth-order valence-corrected chi connectivity index (χ4v) is 4.37. The molecule has 0 bridgehead atoms. The molecule has 4 rings (SSSR count). The molecule has 1 aliphatic rings. The van der Waals surface area contributed by atoms with Crippen LogP contribution in [0.2, 0.25) is 0 Å². The molecule has 1 saturated heterocycles. The molecule has 5 heteroatoms. The van der Waals surface area contributed by atoms with Gasteiger partial charge < -0.3 is 15.0 Å². The van der Waals surface area contributed by atoms with Crippen LogP contribution in [0.5, 0.6) is 0 Å². The van der Waals surface area contributed by atoms with E-state index in [1.165, 1.54) is 0 Å². The van der Waals surface area contributed by atoms with E-state index in [4.69, 9.17) is 4.74 Å². The molecule has 1 atom stereocenters. The summed E-state index contributed by atoms with van der Waals surface area (Å²) in [6.45, 7) is 4.77. The van der Waals surface area contributed by atoms with Crippen LogP contribution in [0.3, 0.4) is 0 Å². The van der Waals surface area contributed by atoms with E-state index in [-0.39, 0.29) is 17.7 Å². The number of piperidine rings is 1. The maximum Gasteiger partial charge on any atom is 0.254 e. The lowest BCUT2D eigenvalue weighted by Crippen LogP contribution is -2.45. The molecule has 0 spiro atoms. The molecule has 0 aliphatic carbocycles. The monoisotopic (exact) mass is 430 g/mol. The van der Waals surface area contributed by atoms with Crippen LogP contribution in [-0.4, -0.2) is 36.4 Å². The van der Waals surface area contributed by atoms with Gasteiger partial charge in [0.05, 0.1) is 12.5 Å². The lowest BCUT2D eigenvalue weighted by Gasteiger charge is -2.32. The van der Waals surface area contributed by atoms with Crippen molar-refractivity contribution in [2.45, 2.75) is 32.9 Å². The van der Waals surface area contributed by atoms with Crippen molar-refractivity contribution in [3.05, 3.63) is 83.4 Å². The molecule has 1 fully saturated rings. The van der Waals surface area contributed by atoms with Crippen LogP contribution >= 0.6 is 0 Å². The molecule has 32 heavy (non-hydrogen) atoms. The molecule has 0 aromatic heterocycles. The molecule has 1 heterocycles. The number of benzene rings is 3. The number of nitrogens with zero attached hydrogens (tertiary/aromatic N) is 1. The van der Waals surface area contributed by atoms with E-state index < -0.39 is 0 Å². The molecule has 0 radical (unpaired) electrons. The fourth-order valence-electron chi connectivity index (χ4n) is 4.37. The Hall–Kier alpha value is -3.18. The molecule has 5 nitrogen and oxygen atoms in total. The quantitative estimate of drug-likeness (QED) is 0.598. The van der Waals surface area contributed by atoms with Gasteiger partial charge in [0.15, 0.2) is 0 Å². The highest BCUT2D eigenvalue weighted by Crippen LogP contribution is 2.24. The summed E-state index contributed by atoms with van der Waals surface area (Å²) < 4.78 is 5.54. The number of likely N-dealkylation sites (tertiary alicyclic amines) is 1. The van der Waals surface area contributed by atoms with Gasteiger partial charge in [0.2, 0.25) is 5.91 Å². The molecule has 1 aliphatic heterocycles. The summed E-state index contributed by atoms with van der Waals surface area (Å²) in [5.41, 5.74) is 2.86. The van der Waals surface area contributed by atoms with Gasteiger partial charge in [-0.05, 0) is 47.7 Å². The third-order valence-electron chi connectivity index (χ3n) is 6.13. The van der Waals surface area contributed by atoms with Gasteiger partial charge >= 0.3 is 0 Å². The highest BCUT2D eigenvalue weighted by Gasteiger charge is 2.29. The Morgan fingerprint density at radius 3 is 2.59 bits per heavy atom. The normalized spacial score (nSPS) is 16.2. The zero-order valence-corrected chi connectivity index (χ0v) is 18.5. The highest BCUT2D eigenvalue weighted by molar-refractivity contribution is 6.07. The number of rotatable bonds is 7. The lowest BCUT2D eigenvalue weighted by molar-refractivity contribution is -0.126. The SMILES string of the molecule is CCOCc1ccccc1CNC(=O)C1CCCN(C(=O)c2cccc3ccccc23)C1. The third kappa shape index (κ3) is 5.00. The Labute approximate surface area is 189 Å². The Kier molecular flexibility index (Phi) is 7.17. The van der Waals surface area contributed by atoms with Crippen LogP contribution in [0.15, 0.2) is 66.7 Å². The second-order valence-corrected chi connectivity index (χ2v) is 8.24. The molecule has 3 aromatic carbocycles. The van der Waals surface area contributed by atoms with Crippen LogP contribution in [-0.2, 0) is 22.7 Å². The molecule has 1 unspecified atom stereocenters. The van der Waals surface area contributed by atoms with Gasteiger partial charge in [-0.25, -0.2) is 0 Å². The fraction of sp³-hybridized carbons (Fsp3) is 0.333. The van der Waals surface area contributed by atoms with Crippen molar-refractivity contribution in [2.75, 3.05) is 19.7 Å². The molecule has 2 amide bonds. The molecule has 1 N–H and O–H groups in total. The molecule has 3 aromatic rings. The Morgan fingerprint density at radius 1 is 1.00 bits per heavy atom. The predicted octanol–water partition coefficient (Wildman–Crippen LogP) is 4.54. The van der Waals surface area contributed by atoms with Crippen LogP contribution in [0.1, 0.15) is 41.3 Å². The smallest absolute Gasteiger partial charge is 0.254 e. The Morgan fingerprint density at radius 2 is 1.75 bits per heavy atom. The van der Waals surface area contributed by atoms with Crippen LogP contribution in [0.25, 0.3) is 10.8 Å². The number of carbonyl (C=O) groups is 2. The first-order valence-electron chi connectivity index (χ1n) is 11.4. The third-order valence-corrected chi connectivity index (χ3v) is 6.13. The minimum absolute atomic E-state index is 0.00126. The largest absolute Gasteiger partial charge is 0.377 e. The number of hydrogen-bond acceptors (Lipinski definition) is 3. The van der Waals surface area contributed by atoms with Gasteiger partial charge in [-0.1, -0.05) is 60.7 Å². The average molecular weight is 431 g/mol. The van der Waals surface area contributed by atoms with E-state index in [1.807, 2.05) is 78.6 Å². The summed E-state index contributed by atoms with van der Waals surface area (Å²) in [7, 11) is 0. The van der Waals surface area contributed by atoms with Crippen LogP contribution in [0, 0.1) is 5.92 Å². The lowest BCUT2D eigenvalue weighted by atomic mass is 9.95. The van der Waals surface area contributed by atoms with Crippen molar-refractivity contribution < 1.29 is 14.3 Å².